The Morgan fingerprint density at radius 1 is 1.41 bits per heavy atom. The van der Waals surface area contributed by atoms with Crippen molar-refractivity contribution in [1.82, 2.24) is 9.78 Å². The van der Waals surface area contributed by atoms with Gasteiger partial charge in [0.1, 0.15) is 12.4 Å². The Labute approximate surface area is 127 Å². The van der Waals surface area contributed by atoms with Gasteiger partial charge in [0.15, 0.2) is 0 Å². The van der Waals surface area contributed by atoms with Gasteiger partial charge in [-0.15, -0.1) is 0 Å². The minimum atomic E-state index is -0.320. The summed E-state index contributed by atoms with van der Waals surface area (Å²) < 4.78 is 14.5. The van der Waals surface area contributed by atoms with Gasteiger partial charge < -0.3 is 4.90 Å². The summed E-state index contributed by atoms with van der Waals surface area (Å²) in [6, 6.07) is 7.34. The van der Waals surface area contributed by atoms with Crippen LogP contribution < -0.4 is 10.5 Å². The van der Waals surface area contributed by atoms with E-state index in [1.54, 1.807) is 11.0 Å². The van der Waals surface area contributed by atoms with Gasteiger partial charge >= 0.3 is 0 Å². The number of carbonyl (C=O) groups is 1. The second kappa shape index (κ2) is 5.71. The number of halogens is 1. The molecule has 0 radical (unpaired) electrons. The van der Waals surface area contributed by atoms with E-state index >= 15 is 0 Å². The fourth-order valence-corrected chi connectivity index (χ4v) is 2.81. The van der Waals surface area contributed by atoms with E-state index in [2.05, 4.69) is 5.10 Å². The van der Waals surface area contributed by atoms with Crippen LogP contribution in [0.1, 0.15) is 18.9 Å². The Kier molecular flexibility index (Phi) is 3.75. The average molecular weight is 301 g/mol. The maximum absolute atomic E-state index is 13.4. The lowest BCUT2D eigenvalue weighted by Crippen LogP contribution is -2.45. The molecule has 0 saturated carbocycles. The number of aromatic nitrogens is 2. The molecule has 1 aliphatic heterocycles. The molecular formula is C16H16FN3O2. The van der Waals surface area contributed by atoms with Crippen LogP contribution in [0.3, 0.4) is 0 Å². The Hall–Kier alpha value is -2.50. The van der Waals surface area contributed by atoms with Crippen molar-refractivity contribution >= 4 is 11.6 Å². The van der Waals surface area contributed by atoms with Crippen LogP contribution in [-0.4, -0.2) is 21.7 Å². The van der Waals surface area contributed by atoms with Crippen molar-refractivity contribution in [1.29, 1.82) is 0 Å². The maximum atomic E-state index is 13.4. The summed E-state index contributed by atoms with van der Waals surface area (Å²) in [6.45, 7) is 1.83. The molecule has 1 atom stereocenters. The molecule has 0 bridgehead atoms. The van der Waals surface area contributed by atoms with E-state index in [4.69, 9.17) is 0 Å². The Morgan fingerprint density at radius 2 is 2.23 bits per heavy atom. The van der Waals surface area contributed by atoms with Crippen molar-refractivity contribution in [2.45, 2.75) is 32.4 Å². The first-order chi connectivity index (χ1) is 10.6. The van der Waals surface area contributed by atoms with Crippen LogP contribution in [0.5, 0.6) is 0 Å². The topological polar surface area (TPSA) is 55.2 Å². The second-order valence-corrected chi connectivity index (χ2v) is 5.44. The predicted molar refractivity (Wildman–Crippen MR) is 80.2 cm³/mol. The summed E-state index contributed by atoms with van der Waals surface area (Å²) in [5.41, 5.74) is 1.22. The molecule has 2 aromatic rings. The maximum Gasteiger partial charge on any atom is 0.267 e. The molecule has 0 aliphatic carbocycles. The largest absolute Gasteiger partial charge is 0.308 e. The van der Waals surface area contributed by atoms with Crippen molar-refractivity contribution < 1.29 is 9.18 Å². The van der Waals surface area contributed by atoms with Crippen LogP contribution in [-0.2, 0) is 17.8 Å². The molecule has 0 spiro atoms. The number of hydrogen-bond acceptors (Lipinski definition) is 3. The number of benzene rings is 1. The molecule has 114 valence electrons. The van der Waals surface area contributed by atoms with Crippen molar-refractivity contribution in [2.75, 3.05) is 4.90 Å². The first kappa shape index (κ1) is 14.4. The lowest BCUT2D eigenvalue weighted by molar-refractivity contribution is -0.120. The van der Waals surface area contributed by atoms with E-state index in [1.165, 1.54) is 30.5 Å². The molecule has 1 aromatic heterocycles. The summed E-state index contributed by atoms with van der Waals surface area (Å²) in [5, 5.41) is 3.90. The minimum absolute atomic E-state index is 0.00451. The lowest BCUT2D eigenvalue weighted by atomic mass is 9.96. The van der Waals surface area contributed by atoms with Crippen LogP contribution in [0, 0.1) is 5.82 Å². The van der Waals surface area contributed by atoms with E-state index in [1.807, 2.05) is 6.92 Å². The molecule has 3 rings (SSSR count). The molecule has 5 nitrogen and oxygen atoms in total. The number of hydrogen-bond donors (Lipinski definition) is 0. The zero-order valence-electron chi connectivity index (χ0n) is 12.2. The van der Waals surface area contributed by atoms with Crippen LogP contribution >= 0.6 is 0 Å². The van der Waals surface area contributed by atoms with Crippen molar-refractivity contribution in [3.05, 3.63) is 58.3 Å². The van der Waals surface area contributed by atoms with Gasteiger partial charge in [-0.2, -0.15) is 5.10 Å². The highest BCUT2D eigenvalue weighted by molar-refractivity contribution is 5.95. The molecule has 2 heterocycles. The highest BCUT2D eigenvalue weighted by atomic mass is 19.1. The summed E-state index contributed by atoms with van der Waals surface area (Å²) >= 11 is 0. The number of fused-ring (bicyclic) bond motifs is 1. The lowest BCUT2D eigenvalue weighted by Gasteiger charge is -2.35. The Morgan fingerprint density at radius 3 is 3.00 bits per heavy atom. The van der Waals surface area contributed by atoms with Gasteiger partial charge in [0.25, 0.3) is 5.56 Å². The van der Waals surface area contributed by atoms with Gasteiger partial charge in [-0.3, -0.25) is 9.59 Å². The number of rotatable bonds is 2. The third kappa shape index (κ3) is 2.64. The molecule has 0 N–H and O–H groups in total. The summed E-state index contributed by atoms with van der Waals surface area (Å²) in [7, 11) is 0. The molecular weight excluding hydrogens is 285 g/mol. The minimum Gasteiger partial charge on any atom is -0.308 e. The van der Waals surface area contributed by atoms with E-state index < -0.39 is 0 Å². The molecule has 1 aliphatic rings. The van der Waals surface area contributed by atoms with E-state index in [0.717, 1.165) is 23.1 Å². The summed E-state index contributed by atoms with van der Waals surface area (Å²) in [4.78, 5) is 25.9. The quantitative estimate of drug-likeness (QED) is 0.849. The van der Waals surface area contributed by atoms with Crippen LogP contribution in [0.4, 0.5) is 10.1 Å². The van der Waals surface area contributed by atoms with Crippen LogP contribution in [0.15, 0.2) is 41.3 Å². The summed E-state index contributed by atoms with van der Waals surface area (Å²) in [6.07, 6.45) is 2.97. The molecule has 22 heavy (non-hydrogen) atoms. The summed E-state index contributed by atoms with van der Waals surface area (Å²) in [5.74, 6) is -0.525. The standard InChI is InChI=1S/C16H16FN3O2/c1-11-4-5-12-9-13(17)6-7-14(12)20(11)16(22)10-19-15(21)3-2-8-18-19/h2-3,6-9,11H,4-5,10H2,1H3. The van der Waals surface area contributed by atoms with Gasteiger partial charge in [-0.1, -0.05) is 0 Å². The average Bonchev–Trinajstić information content (AvgIpc) is 2.49. The van der Waals surface area contributed by atoms with Gasteiger partial charge in [-0.05, 0) is 49.6 Å². The first-order valence-electron chi connectivity index (χ1n) is 7.19. The molecule has 1 unspecified atom stereocenters. The van der Waals surface area contributed by atoms with Crippen molar-refractivity contribution in [3.8, 4) is 0 Å². The molecule has 6 heteroatoms. The molecule has 0 fully saturated rings. The van der Waals surface area contributed by atoms with E-state index in [-0.39, 0.29) is 29.9 Å². The fraction of sp³-hybridized carbons (Fsp3) is 0.312. The van der Waals surface area contributed by atoms with Gasteiger partial charge in [0, 0.05) is 24.0 Å². The number of nitrogens with zero attached hydrogens (tertiary/aromatic N) is 3. The first-order valence-corrected chi connectivity index (χ1v) is 7.19. The highest BCUT2D eigenvalue weighted by Crippen LogP contribution is 2.31. The Bertz CT molecular complexity index is 772. The smallest absolute Gasteiger partial charge is 0.267 e. The number of aryl methyl sites for hydroxylation is 1. The van der Waals surface area contributed by atoms with Crippen LogP contribution in [0.2, 0.25) is 0 Å². The molecule has 0 saturated heterocycles. The van der Waals surface area contributed by atoms with Gasteiger partial charge in [-0.25, -0.2) is 9.07 Å². The third-order valence-corrected chi connectivity index (χ3v) is 3.91. The molecule has 1 aromatic carbocycles. The van der Waals surface area contributed by atoms with Gasteiger partial charge in [0.2, 0.25) is 5.91 Å². The van der Waals surface area contributed by atoms with E-state index in [9.17, 15) is 14.0 Å². The highest BCUT2D eigenvalue weighted by Gasteiger charge is 2.28. The Balaban J connectivity index is 1.92. The monoisotopic (exact) mass is 301 g/mol. The zero-order valence-corrected chi connectivity index (χ0v) is 12.2. The zero-order chi connectivity index (χ0) is 15.7. The third-order valence-electron chi connectivity index (χ3n) is 3.91. The second-order valence-electron chi connectivity index (χ2n) is 5.44. The fourth-order valence-electron chi connectivity index (χ4n) is 2.81. The van der Waals surface area contributed by atoms with Crippen LogP contribution in [0.25, 0.3) is 0 Å². The van der Waals surface area contributed by atoms with Gasteiger partial charge in [0.05, 0.1) is 0 Å². The number of carbonyl (C=O) groups excluding carboxylic acids is 1. The van der Waals surface area contributed by atoms with Crippen molar-refractivity contribution in [2.24, 2.45) is 0 Å². The predicted octanol–water partition coefficient (Wildman–Crippen LogP) is 1.75. The SMILES string of the molecule is CC1CCc2cc(F)ccc2N1C(=O)Cn1ncccc1=O. The normalized spacial score (nSPS) is 17.2. The number of amides is 1. The van der Waals surface area contributed by atoms with Crippen molar-refractivity contribution in [3.63, 3.8) is 0 Å². The molecule has 1 amide bonds. The number of anilines is 1. The van der Waals surface area contributed by atoms with E-state index in [0.29, 0.717) is 5.69 Å².